The van der Waals surface area contributed by atoms with E-state index in [-0.39, 0.29) is 11.6 Å². The first-order valence-electron chi connectivity index (χ1n) is 10.8. The Morgan fingerprint density at radius 3 is 2.58 bits per heavy atom. The number of ether oxygens (including phenoxy) is 2. The molecule has 2 aromatic heterocycles. The van der Waals surface area contributed by atoms with E-state index in [4.69, 9.17) is 14.5 Å². The zero-order valence-electron chi connectivity index (χ0n) is 19.0. The highest BCUT2D eigenvalue weighted by molar-refractivity contribution is 7.19. The Balaban J connectivity index is 1.91. The van der Waals surface area contributed by atoms with Gasteiger partial charge < -0.3 is 14.4 Å². The second kappa shape index (κ2) is 9.10. The van der Waals surface area contributed by atoms with Gasteiger partial charge in [0.1, 0.15) is 16.4 Å². The van der Waals surface area contributed by atoms with Crippen molar-refractivity contribution in [2.75, 3.05) is 41.0 Å². The zero-order valence-corrected chi connectivity index (χ0v) is 19.8. The normalized spacial score (nSPS) is 15.6. The topological polar surface area (TPSA) is 56.6 Å². The van der Waals surface area contributed by atoms with E-state index in [2.05, 4.69) is 24.9 Å². The first-order chi connectivity index (χ1) is 14.9. The minimum absolute atomic E-state index is 0.0819. The van der Waals surface area contributed by atoms with Crippen LogP contribution >= 0.6 is 11.3 Å². The number of hydrogen-bond acceptors (Lipinski definition) is 6. The molecule has 1 saturated heterocycles. The van der Waals surface area contributed by atoms with E-state index < -0.39 is 0 Å². The van der Waals surface area contributed by atoms with Crippen LogP contribution in [0, 0.1) is 13.8 Å². The predicted octanol–water partition coefficient (Wildman–Crippen LogP) is 4.21. The van der Waals surface area contributed by atoms with Crippen molar-refractivity contribution in [1.29, 1.82) is 0 Å². The predicted molar refractivity (Wildman–Crippen MR) is 127 cm³/mol. The molecule has 0 atom stereocenters. The van der Waals surface area contributed by atoms with Crippen molar-refractivity contribution in [3.05, 3.63) is 44.8 Å². The Hall–Kier alpha value is -2.22. The summed E-state index contributed by atoms with van der Waals surface area (Å²) < 4.78 is 12.7. The van der Waals surface area contributed by atoms with E-state index in [1.807, 2.05) is 23.6 Å². The van der Waals surface area contributed by atoms with Crippen LogP contribution in [0.5, 0.6) is 5.75 Å². The number of aromatic nitrogens is 2. The molecule has 0 aliphatic carbocycles. The van der Waals surface area contributed by atoms with Gasteiger partial charge in [-0.1, -0.05) is 6.07 Å². The van der Waals surface area contributed by atoms with Crippen LogP contribution in [0.3, 0.4) is 0 Å². The van der Waals surface area contributed by atoms with Gasteiger partial charge in [-0.25, -0.2) is 4.98 Å². The van der Waals surface area contributed by atoms with Crippen molar-refractivity contribution < 1.29 is 9.47 Å². The molecule has 1 aliphatic heterocycles. The molecule has 166 valence electrons. The van der Waals surface area contributed by atoms with E-state index in [0.717, 1.165) is 69.3 Å². The summed E-state index contributed by atoms with van der Waals surface area (Å²) >= 11 is 1.60. The number of hydrogen-bond donors (Lipinski definition) is 0. The molecule has 3 aromatic rings. The van der Waals surface area contributed by atoms with Crippen LogP contribution in [0.4, 0.5) is 0 Å². The van der Waals surface area contributed by atoms with Crippen LogP contribution in [0.25, 0.3) is 21.3 Å². The quantitative estimate of drug-likeness (QED) is 0.574. The average Bonchev–Trinajstić information content (AvgIpc) is 3.09. The highest BCUT2D eigenvalue weighted by atomic mass is 32.1. The maximum atomic E-state index is 14.0. The van der Waals surface area contributed by atoms with Crippen molar-refractivity contribution in [1.82, 2.24) is 14.5 Å². The number of nitrogens with zero attached hydrogens (tertiary/aromatic N) is 3. The molecule has 31 heavy (non-hydrogen) atoms. The fourth-order valence-electron chi connectivity index (χ4n) is 4.60. The van der Waals surface area contributed by atoms with Crippen LogP contribution in [0.2, 0.25) is 0 Å². The second-order valence-corrected chi connectivity index (χ2v) is 9.58. The lowest BCUT2D eigenvalue weighted by Gasteiger charge is -2.31. The molecule has 1 aromatic carbocycles. The number of likely N-dealkylation sites (tertiary alicyclic amines) is 1. The molecule has 1 aliphatic rings. The first kappa shape index (κ1) is 22.0. The molecule has 7 heteroatoms. The van der Waals surface area contributed by atoms with Crippen molar-refractivity contribution in [3.8, 4) is 16.9 Å². The lowest BCUT2D eigenvalue weighted by Crippen LogP contribution is -2.37. The number of aryl methyl sites for hydroxylation is 2. The van der Waals surface area contributed by atoms with Gasteiger partial charge in [0.05, 0.1) is 19.1 Å². The Morgan fingerprint density at radius 1 is 1.19 bits per heavy atom. The highest BCUT2D eigenvalue weighted by Gasteiger charge is 2.26. The summed E-state index contributed by atoms with van der Waals surface area (Å²) in [6.45, 7) is 6.65. The minimum Gasteiger partial charge on any atom is -0.496 e. The summed E-state index contributed by atoms with van der Waals surface area (Å²) in [6, 6.07) is 6.30. The molecule has 0 bridgehead atoms. The van der Waals surface area contributed by atoms with Crippen molar-refractivity contribution in [2.24, 2.45) is 0 Å². The smallest absolute Gasteiger partial charge is 0.263 e. The van der Waals surface area contributed by atoms with Gasteiger partial charge in [0, 0.05) is 30.0 Å². The van der Waals surface area contributed by atoms with Gasteiger partial charge in [0.15, 0.2) is 0 Å². The third-order valence-corrected chi connectivity index (χ3v) is 7.27. The monoisotopic (exact) mass is 441 g/mol. The molecule has 0 radical (unpaired) electrons. The van der Waals surface area contributed by atoms with Crippen LogP contribution in [0.15, 0.2) is 23.0 Å². The van der Waals surface area contributed by atoms with Crippen molar-refractivity contribution >= 4 is 21.6 Å². The van der Waals surface area contributed by atoms with Gasteiger partial charge in [0.2, 0.25) is 0 Å². The van der Waals surface area contributed by atoms with Gasteiger partial charge in [0.25, 0.3) is 5.56 Å². The average molecular weight is 442 g/mol. The number of piperidine rings is 1. The second-order valence-electron chi connectivity index (χ2n) is 8.38. The van der Waals surface area contributed by atoms with Crippen LogP contribution < -0.4 is 10.3 Å². The Kier molecular flexibility index (Phi) is 6.46. The molecule has 0 spiro atoms. The molecule has 6 nitrogen and oxygen atoms in total. The number of rotatable bonds is 6. The summed E-state index contributed by atoms with van der Waals surface area (Å²) in [7, 11) is 5.51. The highest BCUT2D eigenvalue weighted by Crippen LogP contribution is 2.38. The number of thiophene rings is 1. The van der Waals surface area contributed by atoms with Gasteiger partial charge in [-0.3, -0.25) is 9.36 Å². The van der Waals surface area contributed by atoms with Gasteiger partial charge in [-0.2, -0.15) is 0 Å². The van der Waals surface area contributed by atoms with E-state index in [9.17, 15) is 4.79 Å². The van der Waals surface area contributed by atoms with Crippen LogP contribution in [-0.2, 0) is 11.2 Å². The maximum absolute atomic E-state index is 14.0. The molecule has 4 rings (SSSR count). The summed E-state index contributed by atoms with van der Waals surface area (Å²) in [5, 5.41) is 0.743. The van der Waals surface area contributed by atoms with Crippen LogP contribution in [0.1, 0.15) is 35.1 Å². The van der Waals surface area contributed by atoms with Gasteiger partial charge in [-0.05, 0) is 70.1 Å². The van der Waals surface area contributed by atoms with Gasteiger partial charge in [-0.15, -0.1) is 11.3 Å². The summed E-state index contributed by atoms with van der Waals surface area (Å²) in [4.78, 5) is 23.2. The van der Waals surface area contributed by atoms with E-state index >= 15 is 0 Å². The lowest BCUT2D eigenvalue weighted by molar-refractivity contribution is 0.191. The molecule has 0 saturated carbocycles. The fourth-order valence-corrected chi connectivity index (χ4v) is 5.65. The first-order valence-corrected chi connectivity index (χ1v) is 11.6. The minimum atomic E-state index is 0.0819. The van der Waals surface area contributed by atoms with E-state index in [0.29, 0.717) is 13.0 Å². The lowest BCUT2D eigenvalue weighted by atomic mass is 10.0. The standard InChI is InChI=1S/C24H31N3O3S/c1-15-14-17(6-7-19(15)30-5)21-16(2)31-23-22(21)24(28)27(20(25-23)10-13-29-4)18-8-11-26(3)12-9-18/h6-7,14,18H,8-13H2,1-5H3. The number of fused-ring (bicyclic) bond motifs is 1. The SMILES string of the molecule is COCCc1nc2sc(C)c(-c3ccc(OC)c(C)c3)c2c(=O)n1C1CCN(C)CC1. The number of benzene rings is 1. The summed E-state index contributed by atoms with van der Waals surface area (Å²) in [5.74, 6) is 1.69. The van der Waals surface area contributed by atoms with Gasteiger partial charge >= 0.3 is 0 Å². The maximum Gasteiger partial charge on any atom is 0.263 e. The van der Waals surface area contributed by atoms with E-state index in [1.54, 1.807) is 25.6 Å². The third-order valence-electron chi connectivity index (χ3n) is 6.27. The molecule has 1 fully saturated rings. The molecule has 3 heterocycles. The van der Waals surface area contributed by atoms with Crippen molar-refractivity contribution in [2.45, 2.75) is 39.2 Å². The zero-order chi connectivity index (χ0) is 22.1. The number of methoxy groups -OCH3 is 2. The molecule has 0 N–H and O–H groups in total. The largest absolute Gasteiger partial charge is 0.496 e. The fraction of sp³-hybridized carbons (Fsp3) is 0.500. The van der Waals surface area contributed by atoms with Crippen molar-refractivity contribution in [3.63, 3.8) is 0 Å². The van der Waals surface area contributed by atoms with Crippen LogP contribution in [-0.4, -0.2) is 55.4 Å². The third kappa shape index (κ3) is 4.14. The molecular weight excluding hydrogens is 410 g/mol. The Morgan fingerprint density at radius 2 is 1.94 bits per heavy atom. The molecular formula is C24H31N3O3S. The molecule has 0 unspecified atom stereocenters. The van der Waals surface area contributed by atoms with E-state index in [1.165, 1.54) is 0 Å². The summed E-state index contributed by atoms with van der Waals surface area (Å²) in [6.07, 6.45) is 2.56. The molecule has 0 amide bonds. The summed E-state index contributed by atoms with van der Waals surface area (Å²) in [5.41, 5.74) is 3.18. The Labute approximate surface area is 187 Å². The Bertz CT molecular complexity index is 1140.